The van der Waals surface area contributed by atoms with Crippen molar-refractivity contribution >= 4 is 15.9 Å². The summed E-state index contributed by atoms with van der Waals surface area (Å²) in [6.07, 6.45) is 0. The zero-order chi connectivity index (χ0) is 18.5. The summed E-state index contributed by atoms with van der Waals surface area (Å²) >= 11 is 0. The van der Waals surface area contributed by atoms with Crippen LogP contribution >= 0.6 is 0 Å². The Bertz CT molecular complexity index is 808. The van der Waals surface area contributed by atoms with Gasteiger partial charge in [0.05, 0.1) is 11.4 Å². The van der Waals surface area contributed by atoms with Gasteiger partial charge in [-0.2, -0.15) is 0 Å². The van der Waals surface area contributed by atoms with Crippen LogP contribution in [0.2, 0.25) is 0 Å². The molecule has 0 fully saturated rings. The van der Waals surface area contributed by atoms with Crippen LogP contribution in [-0.2, 0) is 26.8 Å². The van der Waals surface area contributed by atoms with E-state index in [-0.39, 0.29) is 22.8 Å². The Kier molecular flexibility index (Phi) is 5.98. The van der Waals surface area contributed by atoms with E-state index in [0.717, 1.165) is 11.1 Å². The molecule has 0 aromatic heterocycles. The van der Waals surface area contributed by atoms with Gasteiger partial charge in [-0.15, -0.1) is 0 Å². The van der Waals surface area contributed by atoms with Crippen molar-refractivity contribution in [3.05, 3.63) is 65.7 Å². The molecular weight excluding hydrogens is 336 g/mol. The molecule has 0 aliphatic rings. The molecule has 0 radical (unpaired) electrons. The maximum Gasteiger partial charge on any atom is 0.241 e. The van der Waals surface area contributed by atoms with Crippen molar-refractivity contribution in [3.8, 4) is 0 Å². The monoisotopic (exact) mass is 360 g/mol. The number of rotatable bonds is 6. The van der Waals surface area contributed by atoms with Crippen LogP contribution < -0.4 is 10.0 Å². The van der Waals surface area contributed by atoms with Crippen molar-refractivity contribution in [2.75, 3.05) is 6.54 Å². The van der Waals surface area contributed by atoms with Crippen molar-refractivity contribution in [1.29, 1.82) is 0 Å². The third-order valence-corrected chi connectivity index (χ3v) is 5.20. The molecule has 0 aliphatic heterocycles. The highest BCUT2D eigenvalue weighted by Crippen LogP contribution is 2.23. The molecule has 25 heavy (non-hydrogen) atoms. The first-order valence-corrected chi connectivity index (χ1v) is 9.58. The highest BCUT2D eigenvalue weighted by Gasteiger charge is 2.18. The van der Waals surface area contributed by atoms with Crippen molar-refractivity contribution in [3.63, 3.8) is 0 Å². The van der Waals surface area contributed by atoms with Gasteiger partial charge in [-0.1, -0.05) is 63.2 Å². The van der Waals surface area contributed by atoms with Crippen molar-refractivity contribution in [2.45, 2.75) is 37.6 Å². The van der Waals surface area contributed by atoms with E-state index in [9.17, 15) is 13.2 Å². The summed E-state index contributed by atoms with van der Waals surface area (Å²) in [7, 11) is -3.71. The average Bonchev–Trinajstić information content (AvgIpc) is 2.58. The Hall–Kier alpha value is -2.18. The molecule has 0 spiro atoms. The predicted octanol–water partition coefficient (Wildman–Crippen LogP) is 2.58. The fourth-order valence-electron chi connectivity index (χ4n) is 2.24. The molecule has 0 heterocycles. The van der Waals surface area contributed by atoms with Crippen LogP contribution in [0.25, 0.3) is 0 Å². The third-order valence-electron chi connectivity index (χ3n) is 3.79. The van der Waals surface area contributed by atoms with E-state index in [0.29, 0.717) is 6.54 Å². The number of amides is 1. The molecule has 2 N–H and O–H groups in total. The fourth-order valence-corrected chi connectivity index (χ4v) is 3.22. The number of sulfonamides is 1. The van der Waals surface area contributed by atoms with Gasteiger partial charge in [0.2, 0.25) is 15.9 Å². The number of carbonyl (C=O) groups excluding carboxylic acids is 1. The molecule has 1 amide bonds. The number of hydrogen-bond acceptors (Lipinski definition) is 3. The molecule has 2 aromatic rings. The molecule has 6 heteroatoms. The molecule has 0 atom stereocenters. The zero-order valence-corrected chi connectivity index (χ0v) is 15.6. The maximum absolute atomic E-state index is 12.3. The maximum atomic E-state index is 12.3. The smallest absolute Gasteiger partial charge is 0.241 e. The van der Waals surface area contributed by atoms with Crippen LogP contribution in [0, 0.1) is 0 Å². The zero-order valence-electron chi connectivity index (χ0n) is 14.7. The Morgan fingerprint density at radius 2 is 1.56 bits per heavy atom. The van der Waals surface area contributed by atoms with Gasteiger partial charge in [0.15, 0.2) is 0 Å². The van der Waals surface area contributed by atoms with E-state index in [1.807, 2.05) is 30.3 Å². The molecular formula is C19H24N2O3S. The Balaban J connectivity index is 1.91. The van der Waals surface area contributed by atoms with Gasteiger partial charge in [0.1, 0.15) is 0 Å². The Morgan fingerprint density at radius 1 is 0.960 bits per heavy atom. The molecule has 0 saturated heterocycles. The summed E-state index contributed by atoms with van der Waals surface area (Å²) in [6, 6.07) is 16.1. The molecule has 0 saturated carbocycles. The lowest BCUT2D eigenvalue weighted by atomic mass is 9.87. The topological polar surface area (TPSA) is 75.3 Å². The SMILES string of the molecule is CC(C)(C)c1ccc(S(=O)(=O)NCC(=O)NCc2ccccc2)cc1. The molecule has 0 aliphatic carbocycles. The second kappa shape index (κ2) is 7.80. The van der Waals surface area contributed by atoms with Gasteiger partial charge in [0, 0.05) is 6.54 Å². The van der Waals surface area contributed by atoms with E-state index in [1.54, 1.807) is 24.3 Å². The van der Waals surface area contributed by atoms with Crippen LogP contribution in [0.5, 0.6) is 0 Å². The quantitative estimate of drug-likeness (QED) is 0.831. The normalized spacial score (nSPS) is 12.0. The number of nitrogens with one attached hydrogen (secondary N) is 2. The number of carbonyl (C=O) groups is 1. The summed E-state index contributed by atoms with van der Waals surface area (Å²) in [4.78, 5) is 12.0. The van der Waals surface area contributed by atoms with E-state index in [2.05, 4.69) is 30.8 Å². The molecule has 2 rings (SSSR count). The molecule has 2 aromatic carbocycles. The largest absolute Gasteiger partial charge is 0.351 e. The highest BCUT2D eigenvalue weighted by atomic mass is 32.2. The lowest BCUT2D eigenvalue weighted by molar-refractivity contribution is -0.120. The van der Waals surface area contributed by atoms with Crippen LogP contribution in [0.3, 0.4) is 0 Å². The first-order chi connectivity index (χ1) is 11.7. The van der Waals surface area contributed by atoms with Crippen LogP contribution in [0.1, 0.15) is 31.9 Å². The van der Waals surface area contributed by atoms with Crippen molar-refractivity contribution in [1.82, 2.24) is 10.0 Å². The predicted molar refractivity (Wildman–Crippen MR) is 98.6 cm³/mol. The first kappa shape index (κ1) is 19.1. The van der Waals surface area contributed by atoms with Gasteiger partial charge in [-0.3, -0.25) is 4.79 Å². The minimum atomic E-state index is -3.71. The lowest BCUT2D eigenvalue weighted by Gasteiger charge is -2.19. The van der Waals surface area contributed by atoms with Crippen molar-refractivity contribution < 1.29 is 13.2 Å². The third kappa shape index (κ3) is 5.69. The standard InChI is InChI=1S/C19H24N2O3S/c1-19(2,3)16-9-11-17(12-10-16)25(23,24)21-14-18(22)20-13-15-7-5-4-6-8-15/h4-12,21H,13-14H2,1-3H3,(H,20,22). The molecule has 5 nitrogen and oxygen atoms in total. The molecule has 134 valence electrons. The van der Waals surface area contributed by atoms with Crippen molar-refractivity contribution in [2.24, 2.45) is 0 Å². The first-order valence-electron chi connectivity index (χ1n) is 8.09. The van der Waals surface area contributed by atoms with Gasteiger partial charge >= 0.3 is 0 Å². The fraction of sp³-hybridized carbons (Fsp3) is 0.316. The Morgan fingerprint density at radius 3 is 2.12 bits per heavy atom. The molecule has 0 bridgehead atoms. The second-order valence-electron chi connectivity index (χ2n) is 6.86. The van der Waals surface area contributed by atoms with Gasteiger partial charge in [-0.25, -0.2) is 13.1 Å². The van der Waals surface area contributed by atoms with Gasteiger partial charge < -0.3 is 5.32 Å². The molecule has 0 unspecified atom stereocenters. The lowest BCUT2D eigenvalue weighted by Crippen LogP contribution is -2.36. The minimum absolute atomic E-state index is 0.0486. The van der Waals surface area contributed by atoms with E-state index in [1.165, 1.54) is 0 Å². The summed E-state index contributed by atoms with van der Waals surface area (Å²) in [5.74, 6) is -0.376. The summed E-state index contributed by atoms with van der Waals surface area (Å²) in [6.45, 7) is 6.25. The number of hydrogen-bond donors (Lipinski definition) is 2. The van der Waals surface area contributed by atoms with Gasteiger partial charge in [0.25, 0.3) is 0 Å². The number of benzene rings is 2. The minimum Gasteiger partial charge on any atom is -0.351 e. The second-order valence-corrected chi connectivity index (χ2v) is 8.63. The average molecular weight is 360 g/mol. The highest BCUT2D eigenvalue weighted by molar-refractivity contribution is 7.89. The van der Waals surface area contributed by atoms with E-state index >= 15 is 0 Å². The summed E-state index contributed by atoms with van der Waals surface area (Å²) < 4.78 is 26.9. The van der Waals surface area contributed by atoms with Crippen LogP contribution in [0.15, 0.2) is 59.5 Å². The van der Waals surface area contributed by atoms with Crippen LogP contribution in [0.4, 0.5) is 0 Å². The summed E-state index contributed by atoms with van der Waals surface area (Å²) in [5.41, 5.74) is 1.95. The van der Waals surface area contributed by atoms with Gasteiger partial charge in [-0.05, 0) is 28.7 Å². The van der Waals surface area contributed by atoms with E-state index < -0.39 is 10.0 Å². The Labute approximate surface area is 149 Å². The summed E-state index contributed by atoms with van der Waals surface area (Å²) in [5, 5.41) is 2.69. The van der Waals surface area contributed by atoms with Crippen LogP contribution in [-0.4, -0.2) is 20.9 Å². The van der Waals surface area contributed by atoms with E-state index in [4.69, 9.17) is 0 Å².